The van der Waals surface area contributed by atoms with E-state index in [1.54, 1.807) is 0 Å². The predicted molar refractivity (Wildman–Crippen MR) is 284 cm³/mol. The maximum Gasteiger partial charge on any atom is 0.306 e. The highest BCUT2D eigenvalue weighted by molar-refractivity contribution is 5.71. The molecule has 66 heavy (non-hydrogen) atoms. The minimum atomic E-state index is -0.783. The van der Waals surface area contributed by atoms with Gasteiger partial charge in [0.25, 0.3) is 0 Å². The van der Waals surface area contributed by atoms with Crippen molar-refractivity contribution in [2.45, 2.75) is 290 Å². The first-order chi connectivity index (χ1) is 32.5. The Balaban J connectivity index is 4.39. The zero-order valence-corrected chi connectivity index (χ0v) is 43.7. The van der Waals surface area contributed by atoms with Crippen molar-refractivity contribution in [2.24, 2.45) is 0 Å². The van der Waals surface area contributed by atoms with Gasteiger partial charge in [-0.3, -0.25) is 14.4 Å². The van der Waals surface area contributed by atoms with Gasteiger partial charge in [0.05, 0.1) is 0 Å². The van der Waals surface area contributed by atoms with Crippen LogP contribution in [0.25, 0.3) is 0 Å². The predicted octanol–water partition coefficient (Wildman–Crippen LogP) is 18.8. The summed E-state index contributed by atoms with van der Waals surface area (Å²) in [5, 5.41) is 0. The number of carbonyl (C=O) groups is 3. The zero-order chi connectivity index (χ0) is 47.9. The molecule has 0 radical (unpaired) electrons. The molecule has 0 bridgehead atoms. The molecule has 0 aromatic rings. The van der Waals surface area contributed by atoms with Crippen molar-refractivity contribution in [1.82, 2.24) is 0 Å². The second kappa shape index (κ2) is 54.7. The topological polar surface area (TPSA) is 78.9 Å². The number of allylic oxidation sites excluding steroid dienone is 10. The summed E-state index contributed by atoms with van der Waals surface area (Å²) in [6, 6.07) is 0. The third-order valence-corrected chi connectivity index (χ3v) is 12.3. The van der Waals surface area contributed by atoms with Gasteiger partial charge >= 0.3 is 17.9 Å². The summed E-state index contributed by atoms with van der Waals surface area (Å²) < 4.78 is 16.9. The molecule has 6 heteroatoms. The summed E-state index contributed by atoms with van der Waals surface area (Å²) in [5.41, 5.74) is 0. The molecule has 0 saturated carbocycles. The van der Waals surface area contributed by atoms with E-state index in [-0.39, 0.29) is 31.1 Å². The van der Waals surface area contributed by atoms with Crippen molar-refractivity contribution >= 4 is 17.9 Å². The molecule has 1 atom stereocenters. The fourth-order valence-electron chi connectivity index (χ4n) is 8.02. The summed E-state index contributed by atoms with van der Waals surface area (Å²) in [4.78, 5) is 38.1. The first kappa shape index (κ1) is 63.1. The van der Waals surface area contributed by atoms with E-state index in [2.05, 4.69) is 81.5 Å². The van der Waals surface area contributed by atoms with E-state index in [1.807, 2.05) is 0 Å². The number of rotatable bonds is 51. The Kier molecular flexibility index (Phi) is 52.3. The van der Waals surface area contributed by atoms with E-state index < -0.39 is 6.10 Å². The van der Waals surface area contributed by atoms with E-state index in [1.165, 1.54) is 135 Å². The van der Waals surface area contributed by atoms with Crippen LogP contribution < -0.4 is 0 Å². The lowest BCUT2D eigenvalue weighted by molar-refractivity contribution is -0.167. The molecule has 0 aromatic heterocycles. The molecule has 0 fully saturated rings. The van der Waals surface area contributed by atoms with Crippen LogP contribution in [0.1, 0.15) is 284 Å². The van der Waals surface area contributed by atoms with Crippen molar-refractivity contribution in [1.29, 1.82) is 0 Å². The number of ether oxygens (including phenoxy) is 3. The standard InChI is InChI=1S/C60H106O6/c1-4-7-10-13-16-19-22-25-28-30-33-35-38-41-44-47-50-53-59(62)65-56-57(55-64-58(61)52-49-46-43-40-37-34-31-27-24-21-18-15-12-9-6-3)66-60(63)54-51-48-45-42-39-36-32-29-26-23-20-17-14-11-8-5-2/h9,12,16,18-19,21,25,27-28,31,57H,4-8,10-11,13-15,17,20,22-24,26,29-30,32-56H2,1-3H3/b12-9-,19-16-,21-18-,28-25-,31-27-/t57-/m1/s1. The van der Waals surface area contributed by atoms with E-state index in [4.69, 9.17) is 14.2 Å². The van der Waals surface area contributed by atoms with Gasteiger partial charge < -0.3 is 14.2 Å². The molecule has 0 heterocycles. The number of hydrogen-bond acceptors (Lipinski definition) is 6. The molecule has 0 N–H and O–H groups in total. The summed E-state index contributed by atoms with van der Waals surface area (Å²) in [5.74, 6) is -0.894. The van der Waals surface area contributed by atoms with Crippen molar-refractivity contribution in [3.8, 4) is 0 Å². The van der Waals surface area contributed by atoms with E-state index >= 15 is 0 Å². The van der Waals surface area contributed by atoms with E-state index in [9.17, 15) is 14.4 Å². The van der Waals surface area contributed by atoms with Crippen molar-refractivity contribution in [3.05, 3.63) is 60.8 Å². The quantitative estimate of drug-likeness (QED) is 0.0262. The lowest BCUT2D eigenvalue weighted by Crippen LogP contribution is -2.30. The Morgan fingerprint density at radius 2 is 0.591 bits per heavy atom. The average molecular weight is 924 g/mol. The minimum Gasteiger partial charge on any atom is -0.462 e. The average Bonchev–Trinajstić information content (AvgIpc) is 3.31. The molecule has 0 aliphatic carbocycles. The van der Waals surface area contributed by atoms with Gasteiger partial charge in [0, 0.05) is 19.3 Å². The number of hydrogen-bond donors (Lipinski definition) is 0. The van der Waals surface area contributed by atoms with Crippen LogP contribution in [-0.2, 0) is 28.6 Å². The van der Waals surface area contributed by atoms with Gasteiger partial charge in [-0.1, -0.05) is 242 Å². The highest BCUT2D eigenvalue weighted by Gasteiger charge is 2.19. The van der Waals surface area contributed by atoms with Crippen LogP contribution in [0.5, 0.6) is 0 Å². The summed E-state index contributed by atoms with van der Waals surface area (Å²) in [6.07, 6.45) is 67.7. The third-order valence-electron chi connectivity index (χ3n) is 12.3. The van der Waals surface area contributed by atoms with Gasteiger partial charge in [0.1, 0.15) is 13.2 Å². The minimum absolute atomic E-state index is 0.0818. The van der Waals surface area contributed by atoms with Gasteiger partial charge in [0.2, 0.25) is 0 Å². The second-order valence-electron chi connectivity index (χ2n) is 18.8. The van der Waals surface area contributed by atoms with Gasteiger partial charge in [0.15, 0.2) is 6.10 Å². The van der Waals surface area contributed by atoms with Crippen LogP contribution in [0, 0.1) is 0 Å². The Hall–Kier alpha value is -2.89. The number of unbranched alkanes of at least 4 members (excludes halogenated alkanes) is 30. The molecule has 0 aliphatic rings. The molecule has 0 amide bonds. The van der Waals surface area contributed by atoms with Crippen LogP contribution in [0.2, 0.25) is 0 Å². The number of carbonyl (C=O) groups excluding carboxylic acids is 3. The monoisotopic (exact) mass is 923 g/mol. The number of esters is 3. The Labute approximate surface area is 409 Å². The first-order valence-electron chi connectivity index (χ1n) is 28.3. The Bertz CT molecular complexity index is 1200. The lowest BCUT2D eigenvalue weighted by atomic mass is 10.0. The van der Waals surface area contributed by atoms with Crippen LogP contribution in [0.15, 0.2) is 60.8 Å². The largest absolute Gasteiger partial charge is 0.462 e. The lowest BCUT2D eigenvalue weighted by Gasteiger charge is -2.18. The van der Waals surface area contributed by atoms with Gasteiger partial charge in [-0.05, 0) is 83.5 Å². The molecule has 0 aliphatic heterocycles. The van der Waals surface area contributed by atoms with E-state index in [0.29, 0.717) is 19.3 Å². The summed E-state index contributed by atoms with van der Waals surface area (Å²) >= 11 is 0. The maximum absolute atomic E-state index is 12.8. The van der Waals surface area contributed by atoms with Gasteiger partial charge in [-0.2, -0.15) is 0 Å². The van der Waals surface area contributed by atoms with Crippen LogP contribution in [-0.4, -0.2) is 37.2 Å². The fourth-order valence-corrected chi connectivity index (χ4v) is 8.02. The SMILES string of the molecule is CC/C=C\C/C=C\C/C=C\CCCCCCCC(=O)OC[C@H](COC(=O)CCCCCCCCC/C=C\C/C=C\CCCCC)OC(=O)CCCCCCCCCCCCCCCCCC. The van der Waals surface area contributed by atoms with Crippen molar-refractivity contribution in [3.63, 3.8) is 0 Å². The summed E-state index contributed by atoms with van der Waals surface area (Å²) in [7, 11) is 0. The van der Waals surface area contributed by atoms with Gasteiger partial charge in [-0.15, -0.1) is 0 Å². The van der Waals surface area contributed by atoms with Gasteiger partial charge in [-0.25, -0.2) is 0 Å². The molecule has 6 nitrogen and oxygen atoms in total. The van der Waals surface area contributed by atoms with Crippen LogP contribution in [0.4, 0.5) is 0 Å². The third kappa shape index (κ3) is 52.1. The van der Waals surface area contributed by atoms with Crippen molar-refractivity contribution in [2.75, 3.05) is 13.2 Å². The maximum atomic E-state index is 12.8. The highest BCUT2D eigenvalue weighted by Crippen LogP contribution is 2.16. The van der Waals surface area contributed by atoms with Crippen LogP contribution >= 0.6 is 0 Å². The molecule has 0 unspecified atom stereocenters. The normalized spacial score (nSPS) is 12.5. The summed E-state index contributed by atoms with van der Waals surface area (Å²) in [6.45, 7) is 6.51. The van der Waals surface area contributed by atoms with E-state index in [0.717, 1.165) is 109 Å². The molecular formula is C60H106O6. The Morgan fingerprint density at radius 3 is 0.955 bits per heavy atom. The van der Waals surface area contributed by atoms with Crippen LogP contribution in [0.3, 0.4) is 0 Å². The molecular weight excluding hydrogens is 817 g/mol. The molecule has 0 saturated heterocycles. The molecule has 0 aromatic carbocycles. The molecule has 0 spiro atoms. The fraction of sp³-hybridized carbons (Fsp3) is 0.783. The zero-order valence-electron chi connectivity index (χ0n) is 43.7. The second-order valence-corrected chi connectivity index (χ2v) is 18.8. The molecule has 0 rings (SSSR count). The Morgan fingerprint density at radius 1 is 0.318 bits per heavy atom. The molecule has 382 valence electrons. The highest BCUT2D eigenvalue weighted by atomic mass is 16.6. The van der Waals surface area contributed by atoms with Crippen molar-refractivity contribution < 1.29 is 28.6 Å². The first-order valence-corrected chi connectivity index (χ1v) is 28.3. The smallest absolute Gasteiger partial charge is 0.306 e.